The molecule has 0 saturated carbocycles. The molecule has 0 aromatic heterocycles. The Labute approximate surface area is 114 Å². The maximum Gasteiger partial charge on any atom is 0.146 e. The lowest BCUT2D eigenvalue weighted by atomic mass is 9.77. The van der Waals surface area contributed by atoms with Gasteiger partial charge in [-0.15, -0.1) is 0 Å². The predicted molar refractivity (Wildman–Crippen MR) is 71.8 cm³/mol. The van der Waals surface area contributed by atoms with Gasteiger partial charge in [-0.1, -0.05) is 19.1 Å². The second kappa shape index (κ2) is 5.00. The van der Waals surface area contributed by atoms with E-state index < -0.39 is 0 Å². The fraction of sp³-hybridized carbons (Fsp3) is 0.800. The summed E-state index contributed by atoms with van der Waals surface area (Å²) < 4.78 is 11.0. The first-order valence-electron chi connectivity index (χ1n) is 7.31. The number of carbonyl (C=O) groups excluding carboxylic acids is 1. The fourth-order valence-electron chi connectivity index (χ4n) is 4.33. The summed E-state index contributed by atoms with van der Waals surface area (Å²) in [6.45, 7) is 3.47. The maximum atomic E-state index is 12.4. The van der Waals surface area contributed by atoms with E-state index in [1.165, 1.54) is 0 Å². The van der Waals surface area contributed by atoms with Gasteiger partial charge in [0.05, 0.1) is 11.6 Å². The van der Waals surface area contributed by atoms with Crippen molar-refractivity contribution in [2.75, 3.05) is 20.4 Å². The molecule has 3 saturated heterocycles. The van der Waals surface area contributed by atoms with E-state index in [9.17, 15) is 4.79 Å². The van der Waals surface area contributed by atoms with E-state index in [1.54, 1.807) is 7.11 Å². The Morgan fingerprint density at radius 3 is 3.11 bits per heavy atom. The Morgan fingerprint density at radius 1 is 1.53 bits per heavy atom. The molecule has 3 aliphatic rings. The van der Waals surface area contributed by atoms with Gasteiger partial charge in [0.25, 0.3) is 0 Å². The third kappa shape index (κ3) is 1.81. The van der Waals surface area contributed by atoms with Crippen molar-refractivity contribution in [3.8, 4) is 0 Å². The molecule has 0 aliphatic carbocycles. The zero-order valence-electron chi connectivity index (χ0n) is 11.8. The number of ether oxygens (including phenoxy) is 2. The van der Waals surface area contributed by atoms with Crippen LogP contribution >= 0.6 is 0 Å². The average molecular weight is 265 g/mol. The minimum atomic E-state index is -0.186. The molecule has 0 radical (unpaired) electrons. The summed E-state index contributed by atoms with van der Waals surface area (Å²) in [5.74, 6) is 0.555. The summed E-state index contributed by atoms with van der Waals surface area (Å²) in [5, 5.41) is 0. The minimum absolute atomic E-state index is 0.0965. The number of nitrogens with zero attached hydrogens (tertiary/aromatic N) is 1. The van der Waals surface area contributed by atoms with Gasteiger partial charge in [0.1, 0.15) is 12.6 Å². The standard InChI is InChI=1S/C15H23NO3/c1-3-4-6-15-12-5-7-16(15)11(8-13(12)17)9-14(15)19-10-18-2/h4,6,11-12,14H,3,5,7-10H2,1-2H3/b6-4+/t11-,12+,14+,15+/m1/s1. The maximum absolute atomic E-state index is 12.4. The summed E-state index contributed by atoms with van der Waals surface area (Å²) in [6, 6.07) is 0.370. The molecule has 4 heteroatoms. The minimum Gasteiger partial charge on any atom is -0.359 e. The van der Waals surface area contributed by atoms with Crippen LogP contribution in [0, 0.1) is 5.92 Å². The van der Waals surface area contributed by atoms with Gasteiger partial charge in [-0.25, -0.2) is 0 Å². The second-order valence-electron chi connectivity index (χ2n) is 5.85. The summed E-state index contributed by atoms with van der Waals surface area (Å²) >= 11 is 0. The molecule has 3 fully saturated rings. The molecule has 0 N–H and O–H groups in total. The molecule has 0 aromatic rings. The largest absolute Gasteiger partial charge is 0.359 e. The van der Waals surface area contributed by atoms with E-state index in [1.807, 2.05) is 0 Å². The van der Waals surface area contributed by atoms with Crippen LogP contribution in [0.1, 0.15) is 32.6 Å². The average Bonchev–Trinajstić information content (AvgIpc) is 2.81. The van der Waals surface area contributed by atoms with Gasteiger partial charge < -0.3 is 9.47 Å². The molecule has 4 bridgehead atoms. The lowest BCUT2D eigenvalue weighted by Crippen LogP contribution is -2.56. The van der Waals surface area contributed by atoms with Gasteiger partial charge in [0, 0.05) is 32.0 Å². The number of rotatable bonds is 5. The zero-order chi connectivity index (χ0) is 13.5. The molecule has 19 heavy (non-hydrogen) atoms. The summed E-state index contributed by atoms with van der Waals surface area (Å²) in [5.41, 5.74) is -0.186. The molecule has 4 nitrogen and oxygen atoms in total. The van der Waals surface area contributed by atoms with Gasteiger partial charge in [-0.3, -0.25) is 9.69 Å². The van der Waals surface area contributed by atoms with Crippen LogP contribution in [-0.4, -0.2) is 48.8 Å². The highest BCUT2D eigenvalue weighted by Crippen LogP contribution is 2.53. The van der Waals surface area contributed by atoms with Gasteiger partial charge in [0.2, 0.25) is 0 Å². The topological polar surface area (TPSA) is 38.8 Å². The first-order valence-corrected chi connectivity index (χ1v) is 7.31. The highest BCUT2D eigenvalue weighted by Gasteiger charge is 2.65. The lowest BCUT2D eigenvalue weighted by molar-refractivity contribution is -0.134. The molecule has 1 unspecified atom stereocenters. The van der Waals surface area contributed by atoms with E-state index in [0.29, 0.717) is 25.0 Å². The van der Waals surface area contributed by atoms with Crippen LogP contribution in [-0.2, 0) is 14.3 Å². The van der Waals surface area contributed by atoms with Crippen LogP contribution in [0.15, 0.2) is 12.2 Å². The SMILES string of the molecule is CC/C=C/[C@@]12[C@@H](OCOC)C[C@H]3CC(=O)[C@@H]1CCN32. The Kier molecular flexibility index (Phi) is 3.50. The van der Waals surface area contributed by atoms with Crippen LogP contribution in [0.4, 0.5) is 0 Å². The number of allylic oxidation sites excluding steroid dienone is 1. The molecule has 0 aromatic carbocycles. The van der Waals surface area contributed by atoms with E-state index in [0.717, 1.165) is 25.8 Å². The zero-order valence-corrected chi connectivity index (χ0v) is 11.8. The lowest BCUT2D eigenvalue weighted by Gasteiger charge is -2.42. The van der Waals surface area contributed by atoms with Gasteiger partial charge >= 0.3 is 0 Å². The quantitative estimate of drug-likeness (QED) is 0.561. The molecule has 0 spiro atoms. The van der Waals surface area contributed by atoms with Crippen LogP contribution in [0.3, 0.4) is 0 Å². The third-order valence-electron chi connectivity index (χ3n) is 4.99. The van der Waals surface area contributed by atoms with Crippen molar-refractivity contribution in [2.24, 2.45) is 5.92 Å². The smallest absolute Gasteiger partial charge is 0.146 e. The van der Waals surface area contributed by atoms with E-state index in [2.05, 4.69) is 24.0 Å². The first kappa shape index (κ1) is 13.3. The molecule has 3 aliphatic heterocycles. The molecule has 0 amide bonds. The van der Waals surface area contributed by atoms with E-state index in [4.69, 9.17) is 9.47 Å². The number of hydrogen-bond donors (Lipinski definition) is 0. The summed E-state index contributed by atoms with van der Waals surface area (Å²) in [7, 11) is 1.65. The molecule has 3 heterocycles. The molecular formula is C15H23NO3. The van der Waals surface area contributed by atoms with Crippen molar-refractivity contribution in [1.29, 1.82) is 0 Å². The number of hydrogen-bond acceptors (Lipinski definition) is 4. The molecular weight excluding hydrogens is 242 g/mol. The van der Waals surface area contributed by atoms with Crippen molar-refractivity contribution < 1.29 is 14.3 Å². The number of methoxy groups -OCH3 is 1. The van der Waals surface area contributed by atoms with Crippen LogP contribution in [0.5, 0.6) is 0 Å². The molecule has 106 valence electrons. The summed E-state index contributed by atoms with van der Waals surface area (Å²) in [6.07, 6.45) is 8.18. The predicted octanol–water partition coefficient (Wildman–Crippen LogP) is 1.75. The van der Waals surface area contributed by atoms with Crippen LogP contribution in [0.2, 0.25) is 0 Å². The van der Waals surface area contributed by atoms with Crippen molar-refractivity contribution >= 4 is 5.78 Å². The highest BCUT2D eigenvalue weighted by atomic mass is 16.7. The number of piperidine rings is 1. The number of ketones is 1. The third-order valence-corrected chi connectivity index (χ3v) is 4.99. The Balaban J connectivity index is 1.95. The second-order valence-corrected chi connectivity index (χ2v) is 5.85. The van der Waals surface area contributed by atoms with Crippen LogP contribution < -0.4 is 0 Å². The number of Topliss-reactive ketones (excluding diaryl/α,β-unsaturated/α-hetero) is 1. The van der Waals surface area contributed by atoms with Gasteiger partial charge in [0.15, 0.2) is 0 Å². The van der Waals surface area contributed by atoms with Gasteiger partial charge in [-0.05, 0) is 19.3 Å². The normalized spacial score (nSPS) is 44.4. The van der Waals surface area contributed by atoms with E-state index in [-0.39, 0.29) is 17.6 Å². The molecule has 5 atom stereocenters. The first-order chi connectivity index (χ1) is 9.24. The monoisotopic (exact) mass is 265 g/mol. The fourth-order valence-corrected chi connectivity index (χ4v) is 4.33. The van der Waals surface area contributed by atoms with Crippen molar-refractivity contribution in [3.63, 3.8) is 0 Å². The summed E-state index contributed by atoms with van der Waals surface area (Å²) in [4.78, 5) is 14.9. The molecule has 3 rings (SSSR count). The Bertz CT molecular complexity index is 395. The van der Waals surface area contributed by atoms with Gasteiger partial charge in [-0.2, -0.15) is 0 Å². The Morgan fingerprint density at radius 2 is 2.37 bits per heavy atom. The highest BCUT2D eigenvalue weighted by molar-refractivity contribution is 5.86. The van der Waals surface area contributed by atoms with Crippen molar-refractivity contribution in [1.82, 2.24) is 4.90 Å². The van der Waals surface area contributed by atoms with Crippen molar-refractivity contribution in [3.05, 3.63) is 12.2 Å². The van der Waals surface area contributed by atoms with Crippen molar-refractivity contribution in [2.45, 2.75) is 50.3 Å². The Hall–Kier alpha value is -0.710. The number of carbonyl (C=O) groups is 1. The van der Waals surface area contributed by atoms with E-state index >= 15 is 0 Å². The van der Waals surface area contributed by atoms with Crippen LogP contribution in [0.25, 0.3) is 0 Å².